The molecule has 0 aliphatic carbocycles. The van der Waals surface area contributed by atoms with Crippen LogP contribution in [-0.4, -0.2) is 43.4 Å². The molecule has 120 valence electrons. The van der Waals surface area contributed by atoms with Crippen LogP contribution in [0.3, 0.4) is 0 Å². The van der Waals surface area contributed by atoms with Gasteiger partial charge in [0.1, 0.15) is 0 Å². The first-order valence-electron chi connectivity index (χ1n) is 7.07. The monoisotopic (exact) mass is 306 g/mol. The molecule has 1 aliphatic heterocycles. The lowest BCUT2D eigenvalue weighted by atomic mass is 9.98. The molecule has 0 fully saturated rings. The van der Waals surface area contributed by atoms with E-state index in [4.69, 9.17) is 14.3 Å². The van der Waals surface area contributed by atoms with Crippen molar-refractivity contribution in [2.45, 2.75) is 32.4 Å². The fraction of sp³-hybridized carbons (Fsp3) is 0.500. The molecule has 0 saturated heterocycles. The van der Waals surface area contributed by atoms with Crippen LogP contribution in [0.15, 0.2) is 23.4 Å². The number of nitrogens with zero attached hydrogens (tertiary/aromatic N) is 2. The van der Waals surface area contributed by atoms with Crippen molar-refractivity contribution in [3.63, 3.8) is 0 Å². The highest BCUT2D eigenvalue weighted by molar-refractivity contribution is 5.94. The van der Waals surface area contributed by atoms with E-state index in [1.807, 2.05) is 25.1 Å². The van der Waals surface area contributed by atoms with Crippen LogP contribution < -0.4 is 9.47 Å². The SMILES string of the molecule is COc1ccc(CN(C)C(=O)[C@]2(C)CC(C)=NO2)cc1OC. The molecule has 1 heterocycles. The van der Waals surface area contributed by atoms with Gasteiger partial charge in [-0.25, -0.2) is 0 Å². The second kappa shape index (κ2) is 6.25. The molecule has 1 aromatic carbocycles. The molecule has 1 aromatic rings. The van der Waals surface area contributed by atoms with E-state index in [1.165, 1.54) is 0 Å². The summed E-state index contributed by atoms with van der Waals surface area (Å²) in [4.78, 5) is 19.5. The van der Waals surface area contributed by atoms with E-state index >= 15 is 0 Å². The van der Waals surface area contributed by atoms with Crippen LogP contribution in [0.1, 0.15) is 25.8 Å². The fourth-order valence-electron chi connectivity index (χ4n) is 2.57. The first kappa shape index (κ1) is 16.1. The van der Waals surface area contributed by atoms with E-state index in [0.29, 0.717) is 24.5 Å². The van der Waals surface area contributed by atoms with Crippen molar-refractivity contribution < 1.29 is 19.1 Å². The van der Waals surface area contributed by atoms with E-state index in [1.54, 1.807) is 33.1 Å². The molecule has 1 atom stereocenters. The lowest BCUT2D eigenvalue weighted by Crippen LogP contribution is -2.45. The van der Waals surface area contributed by atoms with Gasteiger partial charge in [-0.3, -0.25) is 4.79 Å². The summed E-state index contributed by atoms with van der Waals surface area (Å²) in [6.45, 7) is 4.07. The van der Waals surface area contributed by atoms with Crippen molar-refractivity contribution in [3.8, 4) is 11.5 Å². The summed E-state index contributed by atoms with van der Waals surface area (Å²) >= 11 is 0. The maximum absolute atomic E-state index is 12.6. The Hall–Kier alpha value is -2.24. The van der Waals surface area contributed by atoms with Gasteiger partial charge in [-0.15, -0.1) is 0 Å². The number of amides is 1. The topological polar surface area (TPSA) is 60.4 Å². The minimum absolute atomic E-state index is 0.0946. The molecule has 0 radical (unpaired) electrons. The molecule has 0 N–H and O–H groups in total. The maximum Gasteiger partial charge on any atom is 0.269 e. The summed E-state index contributed by atoms with van der Waals surface area (Å²) in [6.07, 6.45) is 0.516. The van der Waals surface area contributed by atoms with Gasteiger partial charge >= 0.3 is 0 Å². The molecule has 1 amide bonds. The van der Waals surface area contributed by atoms with Crippen LogP contribution >= 0.6 is 0 Å². The van der Waals surface area contributed by atoms with Crippen LogP contribution in [0.5, 0.6) is 11.5 Å². The third kappa shape index (κ3) is 3.16. The highest BCUT2D eigenvalue weighted by atomic mass is 16.7. The number of carbonyl (C=O) groups excluding carboxylic acids is 1. The second-order valence-corrected chi connectivity index (χ2v) is 5.68. The van der Waals surface area contributed by atoms with Crippen molar-refractivity contribution in [1.82, 2.24) is 4.90 Å². The smallest absolute Gasteiger partial charge is 0.269 e. The summed E-state index contributed by atoms with van der Waals surface area (Å²) in [5, 5.41) is 3.88. The zero-order valence-corrected chi connectivity index (χ0v) is 13.7. The minimum atomic E-state index is -0.907. The number of methoxy groups -OCH3 is 2. The summed E-state index contributed by atoms with van der Waals surface area (Å²) in [7, 11) is 4.93. The van der Waals surface area contributed by atoms with Crippen LogP contribution in [-0.2, 0) is 16.2 Å². The third-order valence-corrected chi connectivity index (χ3v) is 3.66. The Morgan fingerprint density at radius 2 is 2.05 bits per heavy atom. The molecule has 0 saturated carbocycles. The van der Waals surface area contributed by atoms with Crippen LogP contribution in [0, 0.1) is 0 Å². The lowest BCUT2D eigenvalue weighted by molar-refractivity contribution is -0.152. The molecule has 2 rings (SSSR count). The number of ether oxygens (including phenoxy) is 2. The second-order valence-electron chi connectivity index (χ2n) is 5.68. The summed E-state index contributed by atoms with van der Waals surface area (Å²) in [5.74, 6) is 1.21. The van der Waals surface area contributed by atoms with Gasteiger partial charge in [0, 0.05) is 20.0 Å². The zero-order valence-electron chi connectivity index (χ0n) is 13.7. The van der Waals surface area contributed by atoms with E-state index in [9.17, 15) is 4.79 Å². The maximum atomic E-state index is 12.6. The molecular formula is C16H22N2O4. The predicted octanol–water partition coefficient (Wildman–Crippen LogP) is 2.22. The Kier molecular flexibility index (Phi) is 4.59. The number of benzene rings is 1. The summed E-state index contributed by atoms with van der Waals surface area (Å²) in [6, 6.07) is 5.60. The first-order valence-corrected chi connectivity index (χ1v) is 7.07. The van der Waals surface area contributed by atoms with Gasteiger partial charge in [-0.1, -0.05) is 11.2 Å². The first-order chi connectivity index (χ1) is 10.4. The van der Waals surface area contributed by atoms with E-state index in [-0.39, 0.29) is 5.91 Å². The van der Waals surface area contributed by atoms with Gasteiger partial charge in [-0.2, -0.15) is 0 Å². The summed E-state index contributed by atoms with van der Waals surface area (Å²) in [5.41, 5.74) is 0.873. The molecule has 22 heavy (non-hydrogen) atoms. The molecule has 0 unspecified atom stereocenters. The fourth-order valence-corrected chi connectivity index (χ4v) is 2.57. The molecule has 0 spiro atoms. The normalized spacial score (nSPS) is 20.1. The van der Waals surface area contributed by atoms with Crippen LogP contribution in [0.2, 0.25) is 0 Å². The van der Waals surface area contributed by atoms with Crippen molar-refractivity contribution in [1.29, 1.82) is 0 Å². The summed E-state index contributed by atoms with van der Waals surface area (Å²) < 4.78 is 10.5. The van der Waals surface area contributed by atoms with Gasteiger partial charge in [0.2, 0.25) is 5.60 Å². The highest BCUT2D eigenvalue weighted by Crippen LogP contribution is 2.29. The molecule has 1 aliphatic rings. The van der Waals surface area contributed by atoms with Crippen molar-refractivity contribution in [3.05, 3.63) is 23.8 Å². The molecule has 0 aromatic heterocycles. The third-order valence-electron chi connectivity index (χ3n) is 3.66. The quantitative estimate of drug-likeness (QED) is 0.837. The lowest BCUT2D eigenvalue weighted by Gasteiger charge is -2.27. The Bertz CT molecular complexity index is 600. The Morgan fingerprint density at radius 3 is 2.59 bits per heavy atom. The molecule has 6 heteroatoms. The van der Waals surface area contributed by atoms with Gasteiger partial charge in [0.05, 0.1) is 19.9 Å². The largest absolute Gasteiger partial charge is 0.493 e. The number of carbonyl (C=O) groups is 1. The number of hydrogen-bond donors (Lipinski definition) is 0. The average Bonchev–Trinajstić information content (AvgIpc) is 2.86. The van der Waals surface area contributed by atoms with Crippen molar-refractivity contribution >= 4 is 11.6 Å². The van der Waals surface area contributed by atoms with Gasteiger partial charge in [0.25, 0.3) is 5.91 Å². The van der Waals surface area contributed by atoms with Crippen LogP contribution in [0.25, 0.3) is 0 Å². The Labute approximate surface area is 130 Å². The number of rotatable bonds is 5. The average molecular weight is 306 g/mol. The van der Waals surface area contributed by atoms with Gasteiger partial charge < -0.3 is 19.2 Å². The van der Waals surface area contributed by atoms with E-state index < -0.39 is 5.60 Å². The standard InChI is InChI=1S/C16H22N2O4/c1-11-9-16(2,22-17-11)15(19)18(3)10-12-6-7-13(20-4)14(8-12)21-5/h6-8H,9-10H2,1-5H3/t16-/m0/s1. The van der Waals surface area contributed by atoms with E-state index in [2.05, 4.69) is 5.16 Å². The molecule has 6 nitrogen and oxygen atoms in total. The number of likely N-dealkylation sites (N-methyl/N-ethyl adjacent to an activating group) is 1. The van der Waals surface area contributed by atoms with Crippen LogP contribution in [0.4, 0.5) is 0 Å². The van der Waals surface area contributed by atoms with Gasteiger partial charge in [-0.05, 0) is 31.5 Å². The van der Waals surface area contributed by atoms with Crippen molar-refractivity contribution in [2.75, 3.05) is 21.3 Å². The zero-order chi connectivity index (χ0) is 16.3. The Morgan fingerprint density at radius 1 is 1.36 bits per heavy atom. The minimum Gasteiger partial charge on any atom is -0.493 e. The van der Waals surface area contributed by atoms with Crippen molar-refractivity contribution in [2.24, 2.45) is 5.16 Å². The van der Waals surface area contributed by atoms with Gasteiger partial charge in [0.15, 0.2) is 11.5 Å². The highest BCUT2D eigenvalue weighted by Gasteiger charge is 2.42. The predicted molar refractivity (Wildman–Crippen MR) is 83.2 cm³/mol. The number of hydrogen-bond acceptors (Lipinski definition) is 5. The number of oxime groups is 1. The molecular weight excluding hydrogens is 284 g/mol. The van der Waals surface area contributed by atoms with E-state index in [0.717, 1.165) is 11.3 Å². The Balaban J connectivity index is 2.09. The molecule has 0 bridgehead atoms.